The molecule has 0 radical (unpaired) electrons. The molecule has 0 aliphatic carbocycles. The lowest BCUT2D eigenvalue weighted by Gasteiger charge is -2.14. The lowest BCUT2D eigenvalue weighted by atomic mass is 10.1. The van der Waals surface area contributed by atoms with Crippen LogP contribution in [0.3, 0.4) is 0 Å². The summed E-state index contributed by atoms with van der Waals surface area (Å²) in [6.45, 7) is 0. The number of imide groups is 1. The highest BCUT2D eigenvalue weighted by atomic mass is 19.1. The number of halogens is 1. The van der Waals surface area contributed by atoms with Gasteiger partial charge in [-0.15, -0.1) is 0 Å². The second-order valence-electron chi connectivity index (χ2n) is 4.90. The maximum Gasteiger partial charge on any atom is 0.338 e. The number of amides is 2. The number of hydrogen-bond acceptors (Lipinski definition) is 6. The zero-order chi connectivity index (χ0) is 17.8. The number of anilines is 1. The van der Waals surface area contributed by atoms with Crippen LogP contribution in [0.15, 0.2) is 23.0 Å². The van der Waals surface area contributed by atoms with E-state index in [9.17, 15) is 28.7 Å². The van der Waals surface area contributed by atoms with E-state index < -0.39 is 52.0 Å². The molecule has 122 valence electrons. The van der Waals surface area contributed by atoms with E-state index in [0.29, 0.717) is 16.7 Å². The van der Waals surface area contributed by atoms with E-state index in [2.05, 4.69) is 0 Å². The first-order valence-corrected chi connectivity index (χ1v) is 6.39. The number of nitrogens with two attached hydrogens (primary N) is 1. The van der Waals surface area contributed by atoms with Crippen LogP contribution >= 0.6 is 0 Å². The van der Waals surface area contributed by atoms with Crippen molar-refractivity contribution in [1.29, 1.82) is 0 Å². The minimum atomic E-state index is -1.63. The topological polar surface area (TPSA) is 152 Å². The third-order valence-corrected chi connectivity index (χ3v) is 3.49. The van der Waals surface area contributed by atoms with Crippen molar-refractivity contribution in [2.45, 2.75) is 0 Å². The minimum Gasteiger partial charge on any atom is -0.506 e. The number of aromatic nitrogens is 1. The summed E-state index contributed by atoms with van der Waals surface area (Å²) in [5.74, 6) is -5.75. The number of benzene rings is 1. The molecule has 0 saturated carbocycles. The smallest absolute Gasteiger partial charge is 0.338 e. The van der Waals surface area contributed by atoms with Crippen LogP contribution in [0.25, 0.3) is 5.69 Å². The number of nitrogens with one attached hydrogen (secondary N) is 1. The molecule has 0 unspecified atom stereocenters. The number of fused-ring (bicyclic) bond motifs is 1. The summed E-state index contributed by atoms with van der Waals surface area (Å²) in [7, 11) is 0. The average Bonchev–Trinajstić information content (AvgIpc) is 2.75. The van der Waals surface area contributed by atoms with E-state index in [0.717, 1.165) is 6.07 Å². The highest BCUT2D eigenvalue weighted by Gasteiger charge is 2.32. The molecule has 2 amide bonds. The van der Waals surface area contributed by atoms with E-state index in [1.165, 1.54) is 0 Å². The van der Waals surface area contributed by atoms with Gasteiger partial charge in [-0.2, -0.15) is 0 Å². The van der Waals surface area contributed by atoms with Crippen molar-refractivity contribution < 1.29 is 29.0 Å². The minimum absolute atomic E-state index is 0.237. The summed E-state index contributed by atoms with van der Waals surface area (Å²) in [5, 5.41) is 20.8. The van der Waals surface area contributed by atoms with Crippen molar-refractivity contribution in [2.75, 3.05) is 5.73 Å². The Hall–Kier alpha value is -3.69. The quantitative estimate of drug-likeness (QED) is 0.557. The van der Waals surface area contributed by atoms with Gasteiger partial charge in [0.1, 0.15) is 17.4 Å². The number of pyridine rings is 1. The van der Waals surface area contributed by atoms with Crippen LogP contribution in [0.1, 0.15) is 31.1 Å². The lowest BCUT2D eigenvalue weighted by molar-refractivity contribution is 0.0691. The number of hydrogen-bond donors (Lipinski definition) is 4. The lowest BCUT2D eigenvalue weighted by Crippen LogP contribution is -2.24. The maximum absolute atomic E-state index is 13.6. The van der Waals surface area contributed by atoms with E-state index in [4.69, 9.17) is 10.8 Å². The molecule has 0 spiro atoms. The molecule has 1 aliphatic rings. The Kier molecular flexibility index (Phi) is 3.11. The van der Waals surface area contributed by atoms with Gasteiger partial charge in [0.15, 0.2) is 0 Å². The van der Waals surface area contributed by atoms with Crippen molar-refractivity contribution in [2.24, 2.45) is 0 Å². The highest BCUT2D eigenvalue weighted by molar-refractivity contribution is 6.23. The van der Waals surface area contributed by atoms with Gasteiger partial charge in [0.2, 0.25) is 0 Å². The molecule has 1 aromatic heterocycles. The molecule has 0 atom stereocenters. The molecule has 0 bridgehead atoms. The van der Waals surface area contributed by atoms with Gasteiger partial charge in [0.25, 0.3) is 17.4 Å². The molecule has 2 heterocycles. The van der Waals surface area contributed by atoms with Gasteiger partial charge in [-0.3, -0.25) is 24.3 Å². The predicted molar refractivity (Wildman–Crippen MR) is 76.8 cm³/mol. The van der Waals surface area contributed by atoms with Crippen molar-refractivity contribution in [3.8, 4) is 11.4 Å². The van der Waals surface area contributed by atoms with Crippen LogP contribution < -0.4 is 16.6 Å². The van der Waals surface area contributed by atoms with Crippen molar-refractivity contribution >= 4 is 23.6 Å². The highest BCUT2D eigenvalue weighted by Crippen LogP contribution is 2.29. The third kappa shape index (κ3) is 2.00. The molecule has 10 heteroatoms. The molecule has 3 rings (SSSR count). The van der Waals surface area contributed by atoms with Crippen molar-refractivity contribution in [3.05, 3.63) is 51.1 Å². The van der Waals surface area contributed by atoms with Gasteiger partial charge in [-0.25, -0.2) is 9.18 Å². The second-order valence-corrected chi connectivity index (χ2v) is 4.90. The summed E-state index contributed by atoms with van der Waals surface area (Å²) < 4.78 is 14.2. The summed E-state index contributed by atoms with van der Waals surface area (Å²) in [4.78, 5) is 46.6. The maximum atomic E-state index is 13.6. The van der Waals surface area contributed by atoms with Crippen LogP contribution in [0.5, 0.6) is 5.75 Å². The summed E-state index contributed by atoms with van der Waals surface area (Å²) in [6, 6.07) is 2.02. The number of nitrogen functional groups attached to an aromatic ring is 1. The number of aromatic hydroxyl groups is 1. The normalized spacial score (nSPS) is 12.9. The molecule has 24 heavy (non-hydrogen) atoms. The van der Waals surface area contributed by atoms with Crippen molar-refractivity contribution in [1.82, 2.24) is 9.88 Å². The summed E-state index contributed by atoms with van der Waals surface area (Å²) in [5.41, 5.74) is 3.07. The number of carboxylic acid groups (broad SMARTS) is 1. The summed E-state index contributed by atoms with van der Waals surface area (Å²) >= 11 is 0. The molecular formula is C14H8FN3O6. The van der Waals surface area contributed by atoms with Crippen LogP contribution in [0.4, 0.5) is 10.2 Å². The molecule has 0 saturated heterocycles. The number of carboxylic acids is 1. The van der Waals surface area contributed by atoms with E-state index in [1.807, 2.05) is 5.32 Å². The zero-order valence-corrected chi connectivity index (χ0v) is 11.7. The van der Waals surface area contributed by atoms with Gasteiger partial charge in [0, 0.05) is 12.1 Å². The molecule has 0 fully saturated rings. The molecule has 1 aromatic carbocycles. The Bertz CT molecular complexity index is 1010. The fourth-order valence-corrected chi connectivity index (χ4v) is 2.42. The average molecular weight is 333 g/mol. The van der Waals surface area contributed by atoms with E-state index in [-0.39, 0.29) is 11.1 Å². The SMILES string of the molecule is Nc1c2c(cc(=O)n1-c1cc(C(=O)O)c(F)cc1O)C(=O)NC2=O. The number of aromatic carboxylic acids is 1. The Balaban J connectivity index is 2.37. The first-order chi connectivity index (χ1) is 11.2. The molecule has 5 N–H and O–H groups in total. The Morgan fingerprint density at radius 1 is 1.17 bits per heavy atom. The Labute approximate surface area is 131 Å². The van der Waals surface area contributed by atoms with Crippen LogP contribution in [0, 0.1) is 5.82 Å². The van der Waals surface area contributed by atoms with Gasteiger partial charge >= 0.3 is 5.97 Å². The van der Waals surface area contributed by atoms with E-state index >= 15 is 0 Å². The number of carbonyl (C=O) groups excluding carboxylic acids is 2. The zero-order valence-electron chi connectivity index (χ0n) is 11.7. The number of nitrogens with zero attached hydrogens (tertiary/aromatic N) is 1. The second kappa shape index (κ2) is 4.91. The third-order valence-electron chi connectivity index (χ3n) is 3.49. The van der Waals surface area contributed by atoms with Gasteiger partial charge in [-0.05, 0) is 6.07 Å². The first kappa shape index (κ1) is 15.2. The fourth-order valence-electron chi connectivity index (χ4n) is 2.42. The summed E-state index contributed by atoms with van der Waals surface area (Å²) in [6.07, 6.45) is 0. The number of phenolic OH excluding ortho intramolecular Hbond substituents is 1. The van der Waals surface area contributed by atoms with Gasteiger partial charge < -0.3 is 15.9 Å². The van der Waals surface area contributed by atoms with Crippen LogP contribution in [0.2, 0.25) is 0 Å². The number of phenols is 1. The van der Waals surface area contributed by atoms with Crippen LogP contribution in [-0.4, -0.2) is 32.6 Å². The first-order valence-electron chi connectivity index (χ1n) is 6.39. The van der Waals surface area contributed by atoms with Crippen LogP contribution in [-0.2, 0) is 0 Å². The standard InChI is InChI=1S/C14H8FN3O6/c15-6-3-8(19)7(1-4(6)14(23)24)18-9(20)2-5-10(11(18)16)13(22)17-12(5)21/h1-3,19H,16H2,(H,23,24)(H,17,21,22). The molecule has 9 nitrogen and oxygen atoms in total. The Morgan fingerprint density at radius 2 is 1.83 bits per heavy atom. The predicted octanol–water partition coefficient (Wildman–Crippen LogP) is -0.154. The number of rotatable bonds is 2. The fraction of sp³-hybridized carbons (Fsp3) is 0. The van der Waals surface area contributed by atoms with Crippen molar-refractivity contribution in [3.63, 3.8) is 0 Å². The van der Waals surface area contributed by atoms with E-state index in [1.54, 1.807) is 0 Å². The van der Waals surface area contributed by atoms with Gasteiger partial charge in [-0.1, -0.05) is 0 Å². The molecule has 1 aliphatic heterocycles. The monoisotopic (exact) mass is 333 g/mol. The molecular weight excluding hydrogens is 325 g/mol. The number of carbonyl (C=O) groups is 3. The Morgan fingerprint density at radius 3 is 2.46 bits per heavy atom. The largest absolute Gasteiger partial charge is 0.506 e. The van der Waals surface area contributed by atoms with Gasteiger partial charge in [0.05, 0.1) is 22.4 Å². The molecule has 2 aromatic rings.